The van der Waals surface area contributed by atoms with E-state index in [-0.39, 0.29) is 30.2 Å². The molecule has 3 rings (SSSR count). The van der Waals surface area contributed by atoms with E-state index in [2.05, 4.69) is 0 Å². The van der Waals surface area contributed by atoms with Crippen LogP contribution < -0.4 is 10.2 Å². The zero-order valence-corrected chi connectivity index (χ0v) is 14.2. The number of hydroxylamine groups is 1. The summed E-state index contributed by atoms with van der Waals surface area (Å²) in [6.45, 7) is 0.734. The lowest BCUT2D eigenvalue weighted by Crippen LogP contribution is -2.37. The number of nitrogens with zero attached hydrogens (tertiary/aromatic N) is 1. The molecule has 2 N–H and O–H groups in total. The molecule has 0 radical (unpaired) electrons. The Bertz CT molecular complexity index is 868. The van der Waals surface area contributed by atoms with Gasteiger partial charge in [0.05, 0.1) is 4.90 Å². The van der Waals surface area contributed by atoms with Crippen molar-refractivity contribution in [1.29, 1.82) is 0 Å². The lowest BCUT2D eigenvalue weighted by Gasteiger charge is -2.25. The molecule has 0 saturated heterocycles. The summed E-state index contributed by atoms with van der Waals surface area (Å²) in [6, 6.07) is 13.1. The molecule has 1 amide bonds. The summed E-state index contributed by atoms with van der Waals surface area (Å²) in [5.41, 5.74) is 2.58. The van der Waals surface area contributed by atoms with Crippen LogP contribution in [0, 0.1) is 0 Å². The Morgan fingerprint density at radius 2 is 1.88 bits per heavy atom. The molecule has 132 valence electrons. The van der Waals surface area contributed by atoms with Crippen LogP contribution in [0.3, 0.4) is 0 Å². The van der Waals surface area contributed by atoms with Crippen LogP contribution in [0.4, 0.5) is 0 Å². The van der Waals surface area contributed by atoms with Crippen molar-refractivity contribution in [3.63, 3.8) is 0 Å². The van der Waals surface area contributed by atoms with Crippen LogP contribution in [-0.2, 0) is 16.4 Å². The van der Waals surface area contributed by atoms with Crippen molar-refractivity contribution < 1.29 is 23.2 Å². The Hall–Kier alpha value is -2.42. The molecule has 25 heavy (non-hydrogen) atoms. The van der Waals surface area contributed by atoms with E-state index >= 15 is 0 Å². The van der Waals surface area contributed by atoms with E-state index in [1.54, 1.807) is 54.0 Å². The fourth-order valence-corrected chi connectivity index (χ4v) is 4.16. The van der Waals surface area contributed by atoms with Crippen molar-refractivity contribution in [3.05, 3.63) is 59.7 Å². The quantitative estimate of drug-likeness (QED) is 0.636. The fraction of sp³-hybridized carbons (Fsp3) is 0.235. The van der Waals surface area contributed by atoms with Gasteiger partial charge in [0.2, 0.25) is 10.0 Å². The summed E-state index contributed by atoms with van der Waals surface area (Å²) in [5, 5.41) is 8.75. The van der Waals surface area contributed by atoms with Crippen LogP contribution >= 0.6 is 0 Å². The van der Waals surface area contributed by atoms with Gasteiger partial charge in [-0.3, -0.25) is 10.0 Å². The van der Waals surface area contributed by atoms with E-state index < -0.39 is 15.9 Å². The normalized spacial score (nSPS) is 15.4. The third kappa shape index (κ3) is 3.65. The van der Waals surface area contributed by atoms with Gasteiger partial charge in [0.25, 0.3) is 5.91 Å². The lowest BCUT2D eigenvalue weighted by atomic mass is 10.1. The number of fused-ring (bicyclic) bond motifs is 1. The zero-order chi connectivity index (χ0) is 17.9. The van der Waals surface area contributed by atoms with E-state index in [4.69, 9.17) is 9.94 Å². The first kappa shape index (κ1) is 17.4. The summed E-state index contributed by atoms with van der Waals surface area (Å²) in [6.07, 6.45) is 0.397. The van der Waals surface area contributed by atoms with E-state index in [1.807, 2.05) is 0 Å². The van der Waals surface area contributed by atoms with Crippen LogP contribution in [0.1, 0.15) is 15.9 Å². The number of ether oxygens (including phenoxy) is 1. The molecular weight excluding hydrogens is 344 g/mol. The van der Waals surface area contributed by atoms with Gasteiger partial charge in [-0.05, 0) is 42.3 Å². The Labute approximate surface area is 145 Å². The van der Waals surface area contributed by atoms with Gasteiger partial charge in [0.1, 0.15) is 12.4 Å². The predicted molar refractivity (Wildman–Crippen MR) is 90.1 cm³/mol. The molecule has 0 bridgehead atoms. The van der Waals surface area contributed by atoms with Crippen molar-refractivity contribution in [2.75, 3.05) is 19.7 Å². The van der Waals surface area contributed by atoms with Gasteiger partial charge >= 0.3 is 0 Å². The van der Waals surface area contributed by atoms with Crippen LogP contribution in [-0.4, -0.2) is 43.5 Å². The Balaban J connectivity index is 1.85. The minimum absolute atomic E-state index is 0.213. The first-order valence-corrected chi connectivity index (χ1v) is 9.22. The van der Waals surface area contributed by atoms with E-state index in [0.29, 0.717) is 17.7 Å². The summed E-state index contributed by atoms with van der Waals surface area (Å²) in [5.74, 6) is -0.00938. The number of sulfonamides is 1. The highest BCUT2D eigenvalue weighted by Crippen LogP contribution is 2.25. The molecule has 1 aliphatic heterocycles. The second kappa shape index (κ2) is 7.22. The maximum absolute atomic E-state index is 12.8. The first-order chi connectivity index (χ1) is 12.0. The van der Waals surface area contributed by atoms with Gasteiger partial charge in [0, 0.05) is 18.7 Å². The molecule has 0 aromatic heterocycles. The number of nitrogens with one attached hydrogen (secondary N) is 1. The van der Waals surface area contributed by atoms with E-state index in [9.17, 15) is 13.2 Å². The van der Waals surface area contributed by atoms with Gasteiger partial charge in [0.15, 0.2) is 0 Å². The summed E-state index contributed by atoms with van der Waals surface area (Å²) in [4.78, 5) is 11.8. The number of benzene rings is 2. The highest BCUT2D eigenvalue weighted by molar-refractivity contribution is 7.89. The minimum atomic E-state index is -3.60. The van der Waals surface area contributed by atoms with Gasteiger partial charge in [-0.25, -0.2) is 13.9 Å². The van der Waals surface area contributed by atoms with Crippen molar-refractivity contribution in [2.24, 2.45) is 0 Å². The molecule has 2 aromatic rings. The average Bonchev–Trinajstić information content (AvgIpc) is 2.62. The van der Waals surface area contributed by atoms with Crippen LogP contribution in [0.15, 0.2) is 53.4 Å². The largest absolute Gasteiger partial charge is 0.492 e. The van der Waals surface area contributed by atoms with Gasteiger partial charge < -0.3 is 4.74 Å². The first-order valence-electron chi connectivity index (χ1n) is 7.78. The highest BCUT2D eigenvalue weighted by Gasteiger charge is 2.26. The van der Waals surface area contributed by atoms with Gasteiger partial charge in [-0.15, -0.1) is 0 Å². The van der Waals surface area contributed by atoms with Crippen LogP contribution in [0.25, 0.3) is 0 Å². The summed E-state index contributed by atoms with van der Waals surface area (Å²) < 4.78 is 32.6. The number of amides is 1. The van der Waals surface area contributed by atoms with Crippen molar-refractivity contribution in [2.45, 2.75) is 11.3 Å². The second-order valence-corrected chi connectivity index (χ2v) is 7.52. The number of carbonyl (C=O) groups is 1. The fourth-order valence-electron chi connectivity index (χ4n) is 2.72. The molecule has 2 aromatic carbocycles. The molecule has 0 saturated carbocycles. The Morgan fingerprint density at radius 1 is 1.12 bits per heavy atom. The SMILES string of the molecule is O=C(NO)c1ccc2c(c1)CCN(S(=O)(=O)c1ccccc1)CCO2. The molecule has 0 aliphatic carbocycles. The molecule has 0 unspecified atom stereocenters. The monoisotopic (exact) mass is 362 g/mol. The third-order valence-electron chi connectivity index (χ3n) is 4.03. The van der Waals surface area contributed by atoms with E-state index in [1.165, 1.54) is 4.31 Å². The predicted octanol–water partition coefficient (Wildman–Crippen LogP) is 1.43. The average molecular weight is 362 g/mol. The Morgan fingerprint density at radius 3 is 2.60 bits per heavy atom. The maximum atomic E-state index is 12.8. The molecule has 8 heteroatoms. The molecule has 0 fully saturated rings. The topological polar surface area (TPSA) is 95.9 Å². The molecule has 1 aliphatic rings. The second-order valence-electron chi connectivity index (χ2n) is 5.58. The Kier molecular flexibility index (Phi) is 5.03. The van der Waals surface area contributed by atoms with Gasteiger partial charge in [-0.1, -0.05) is 18.2 Å². The number of hydrogen-bond acceptors (Lipinski definition) is 5. The molecule has 7 nitrogen and oxygen atoms in total. The highest BCUT2D eigenvalue weighted by atomic mass is 32.2. The zero-order valence-electron chi connectivity index (χ0n) is 13.4. The third-order valence-corrected chi connectivity index (χ3v) is 5.95. The molecule has 0 spiro atoms. The van der Waals surface area contributed by atoms with Crippen molar-refractivity contribution in [3.8, 4) is 5.75 Å². The smallest absolute Gasteiger partial charge is 0.274 e. The number of rotatable bonds is 3. The molecule has 0 atom stereocenters. The van der Waals surface area contributed by atoms with Gasteiger partial charge in [-0.2, -0.15) is 4.31 Å². The number of carbonyl (C=O) groups excluding carboxylic acids is 1. The van der Waals surface area contributed by atoms with E-state index in [0.717, 1.165) is 0 Å². The van der Waals surface area contributed by atoms with Crippen molar-refractivity contribution >= 4 is 15.9 Å². The van der Waals surface area contributed by atoms with Crippen molar-refractivity contribution in [1.82, 2.24) is 9.79 Å². The number of hydrogen-bond donors (Lipinski definition) is 2. The summed E-state index contributed by atoms with van der Waals surface area (Å²) in [7, 11) is -3.60. The van der Waals surface area contributed by atoms with Crippen LogP contribution in [0.5, 0.6) is 5.75 Å². The minimum Gasteiger partial charge on any atom is -0.492 e. The lowest BCUT2D eigenvalue weighted by molar-refractivity contribution is 0.0706. The van der Waals surface area contributed by atoms with Crippen LogP contribution in [0.2, 0.25) is 0 Å². The standard InChI is InChI=1S/C17H18N2O5S/c20-17(18-21)14-6-7-16-13(12-14)8-9-19(10-11-24-16)25(22,23)15-4-2-1-3-5-15/h1-7,12,21H,8-11H2,(H,18,20). The molecular formula is C17H18N2O5S. The summed E-state index contributed by atoms with van der Waals surface area (Å²) >= 11 is 0. The molecule has 1 heterocycles. The maximum Gasteiger partial charge on any atom is 0.274 e.